The van der Waals surface area contributed by atoms with E-state index in [0.29, 0.717) is 5.92 Å². The van der Waals surface area contributed by atoms with Crippen molar-refractivity contribution in [2.75, 3.05) is 0 Å². The van der Waals surface area contributed by atoms with Gasteiger partial charge in [-0.25, -0.2) is 0 Å². The van der Waals surface area contributed by atoms with Crippen LogP contribution in [0.2, 0.25) is 17.3 Å². The molecular formula is C25H27GeN. The summed E-state index contributed by atoms with van der Waals surface area (Å²) >= 11 is -1.93. The van der Waals surface area contributed by atoms with E-state index in [1.807, 2.05) is 0 Å². The van der Waals surface area contributed by atoms with Crippen molar-refractivity contribution in [2.24, 2.45) is 0 Å². The number of hydrogen-bond acceptors (Lipinski definition) is 1. The molecule has 27 heavy (non-hydrogen) atoms. The number of benzene rings is 3. The molecule has 4 aromatic rings. The van der Waals surface area contributed by atoms with Crippen LogP contribution >= 0.6 is 0 Å². The Bertz CT molecular complexity index is 1140. The minimum absolute atomic E-state index is 0.524. The summed E-state index contributed by atoms with van der Waals surface area (Å²) in [5, 5.41) is 5.19. The van der Waals surface area contributed by atoms with Gasteiger partial charge in [0.05, 0.1) is 0 Å². The van der Waals surface area contributed by atoms with Gasteiger partial charge < -0.3 is 0 Å². The van der Waals surface area contributed by atoms with E-state index in [0.717, 1.165) is 5.69 Å². The van der Waals surface area contributed by atoms with Crippen molar-refractivity contribution < 1.29 is 0 Å². The van der Waals surface area contributed by atoms with Crippen LogP contribution in [0.15, 0.2) is 66.9 Å². The van der Waals surface area contributed by atoms with Crippen LogP contribution in [0.3, 0.4) is 0 Å². The second-order valence-corrected chi connectivity index (χ2v) is 19.4. The number of rotatable bonds is 3. The summed E-state index contributed by atoms with van der Waals surface area (Å²) in [4.78, 5) is 4.87. The molecule has 0 aliphatic rings. The Kier molecular flexibility index (Phi) is 4.59. The molecule has 0 unspecified atom stereocenters. The van der Waals surface area contributed by atoms with Crippen LogP contribution in [0, 0.1) is 0 Å². The van der Waals surface area contributed by atoms with Crippen molar-refractivity contribution in [2.45, 2.75) is 37.0 Å². The van der Waals surface area contributed by atoms with Gasteiger partial charge in [0, 0.05) is 0 Å². The molecule has 0 saturated heterocycles. The second-order valence-electron chi connectivity index (χ2n) is 8.78. The standard InChI is InChI=1S/C25H27GeN/c1-17(2)23-15-25(27-16-24(23)26(3,4)5)20-12-13-22-19(14-20)11-10-18-8-6-7-9-21(18)22/h6-17H,1-5H3. The van der Waals surface area contributed by atoms with Gasteiger partial charge in [0.2, 0.25) is 0 Å². The quantitative estimate of drug-likeness (QED) is 0.268. The van der Waals surface area contributed by atoms with E-state index in [1.165, 1.54) is 37.1 Å². The SMILES string of the molecule is CC(C)c1cc(-c2ccc3c(ccc4ccccc43)c2)nc[c]1[Ge]([CH3])([CH3])[CH3]. The molecule has 0 aliphatic heterocycles. The van der Waals surface area contributed by atoms with Gasteiger partial charge in [-0.05, 0) is 0 Å². The summed E-state index contributed by atoms with van der Waals surface area (Å²) in [5.41, 5.74) is 3.77. The van der Waals surface area contributed by atoms with Gasteiger partial charge in [-0.15, -0.1) is 0 Å². The van der Waals surface area contributed by atoms with Crippen molar-refractivity contribution in [3.8, 4) is 11.3 Å². The molecule has 0 N–H and O–H groups in total. The summed E-state index contributed by atoms with van der Waals surface area (Å²) < 4.78 is 1.53. The van der Waals surface area contributed by atoms with Crippen LogP contribution < -0.4 is 4.40 Å². The van der Waals surface area contributed by atoms with E-state index in [-0.39, 0.29) is 0 Å². The van der Waals surface area contributed by atoms with E-state index >= 15 is 0 Å². The molecular weight excluding hydrogens is 387 g/mol. The Morgan fingerprint density at radius 3 is 2.22 bits per heavy atom. The molecule has 0 fully saturated rings. The average molecular weight is 414 g/mol. The number of hydrogen-bond donors (Lipinski definition) is 0. The molecule has 0 spiro atoms. The van der Waals surface area contributed by atoms with E-state index in [1.54, 1.807) is 0 Å². The Hall–Kier alpha value is -2.13. The number of aromatic nitrogens is 1. The zero-order chi connectivity index (χ0) is 19.2. The van der Waals surface area contributed by atoms with Crippen molar-refractivity contribution in [1.82, 2.24) is 4.98 Å². The summed E-state index contributed by atoms with van der Waals surface area (Å²) in [6.45, 7) is 4.59. The van der Waals surface area contributed by atoms with Crippen molar-refractivity contribution in [3.63, 3.8) is 0 Å². The third-order valence-corrected chi connectivity index (χ3v) is 9.67. The molecule has 1 nitrogen and oxygen atoms in total. The fourth-order valence-corrected chi connectivity index (χ4v) is 7.43. The fourth-order valence-electron chi connectivity index (χ4n) is 3.91. The molecule has 0 bridgehead atoms. The van der Waals surface area contributed by atoms with E-state index < -0.39 is 13.3 Å². The summed E-state index contributed by atoms with van der Waals surface area (Å²) in [6, 6.07) is 22.1. The molecule has 1 aromatic heterocycles. The summed E-state index contributed by atoms with van der Waals surface area (Å²) in [7, 11) is 0. The maximum absolute atomic E-state index is 4.87. The molecule has 2 heteroatoms. The predicted molar refractivity (Wildman–Crippen MR) is 122 cm³/mol. The minimum atomic E-state index is -1.93. The molecule has 1 heterocycles. The Balaban J connectivity index is 1.87. The van der Waals surface area contributed by atoms with Crippen LogP contribution in [0.1, 0.15) is 25.3 Å². The van der Waals surface area contributed by atoms with Gasteiger partial charge in [0.1, 0.15) is 0 Å². The molecule has 0 aliphatic carbocycles. The molecule has 0 saturated carbocycles. The van der Waals surface area contributed by atoms with Gasteiger partial charge in [-0.2, -0.15) is 0 Å². The first kappa shape index (κ1) is 18.2. The third-order valence-electron chi connectivity index (χ3n) is 5.41. The number of fused-ring (bicyclic) bond motifs is 3. The normalized spacial score (nSPS) is 12.2. The van der Waals surface area contributed by atoms with Crippen molar-refractivity contribution >= 4 is 39.2 Å². The van der Waals surface area contributed by atoms with E-state index in [4.69, 9.17) is 4.98 Å². The van der Waals surface area contributed by atoms with Crippen LogP contribution in [0.25, 0.3) is 32.8 Å². The van der Waals surface area contributed by atoms with Gasteiger partial charge >= 0.3 is 165 Å². The topological polar surface area (TPSA) is 12.9 Å². The Labute approximate surface area is 164 Å². The molecule has 0 amide bonds. The first-order valence-corrected chi connectivity index (χ1v) is 17.1. The molecule has 0 atom stereocenters. The Morgan fingerprint density at radius 2 is 1.48 bits per heavy atom. The third kappa shape index (κ3) is 3.41. The predicted octanol–water partition coefficient (Wildman–Crippen LogP) is 6.72. The van der Waals surface area contributed by atoms with Gasteiger partial charge in [-0.3, -0.25) is 0 Å². The van der Waals surface area contributed by atoms with Gasteiger partial charge in [0.15, 0.2) is 0 Å². The van der Waals surface area contributed by atoms with Crippen LogP contribution in [-0.2, 0) is 0 Å². The summed E-state index contributed by atoms with van der Waals surface area (Å²) in [6.07, 6.45) is 2.16. The zero-order valence-corrected chi connectivity index (χ0v) is 19.0. The molecule has 136 valence electrons. The van der Waals surface area contributed by atoms with E-state index in [2.05, 4.69) is 98.0 Å². The molecule has 0 radical (unpaired) electrons. The van der Waals surface area contributed by atoms with Crippen LogP contribution in [0.5, 0.6) is 0 Å². The van der Waals surface area contributed by atoms with Gasteiger partial charge in [0.25, 0.3) is 0 Å². The number of nitrogens with zero attached hydrogens (tertiary/aromatic N) is 1. The molecule has 4 rings (SSSR count). The van der Waals surface area contributed by atoms with Crippen molar-refractivity contribution in [3.05, 3.63) is 72.4 Å². The maximum atomic E-state index is 4.87. The monoisotopic (exact) mass is 415 g/mol. The van der Waals surface area contributed by atoms with Crippen LogP contribution in [-0.4, -0.2) is 18.3 Å². The first-order chi connectivity index (χ1) is 12.8. The fraction of sp³-hybridized carbons (Fsp3) is 0.240. The average Bonchev–Trinajstić information content (AvgIpc) is 2.66. The van der Waals surface area contributed by atoms with E-state index in [9.17, 15) is 0 Å². The zero-order valence-electron chi connectivity index (χ0n) is 16.9. The van der Waals surface area contributed by atoms with Gasteiger partial charge in [-0.1, -0.05) is 0 Å². The number of pyridine rings is 1. The Morgan fingerprint density at radius 1 is 0.778 bits per heavy atom. The van der Waals surface area contributed by atoms with Crippen LogP contribution in [0.4, 0.5) is 0 Å². The first-order valence-electron chi connectivity index (χ1n) is 9.77. The second kappa shape index (κ2) is 6.79. The summed E-state index contributed by atoms with van der Waals surface area (Å²) in [5.74, 6) is 7.87. The van der Waals surface area contributed by atoms with Crippen molar-refractivity contribution in [1.29, 1.82) is 0 Å². The molecule has 3 aromatic carbocycles.